The van der Waals surface area contributed by atoms with Crippen LogP contribution < -0.4 is 9.64 Å². The third-order valence-corrected chi connectivity index (χ3v) is 3.02. The fourth-order valence-corrected chi connectivity index (χ4v) is 2.14. The number of aromatic nitrogens is 3. The Morgan fingerprint density at radius 2 is 2.24 bits per heavy atom. The Morgan fingerprint density at radius 3 is 2.94 bits per heavy atom. The van der Waals surface area contributed by atoms with Gasteiger partial charge in [-0.25, -0.2) is 0 Å². The van der Waals surface area contributed by atoms with Crippen molar-refractivity contribution in [2.45, 2.75) is 25.3 Å². The molecule has 1 aliphatic rings. The quantitative estimate of drug-likeness (QED) is 0.868. The second kappa shape index (κ2) is 5.46. The number of aliphatic hydroxyl groups excluding tert-OH is 1. The molecule has 2 rings (SSSR count). The van der Waals surface area contributed by atoms with E-state index in [2.05, 4.69) is 15.0 Å². The molecule has 0 radical (unpaired) electrons. The van der Waals surface area contributed by atoms with Crippen molar-refractivity contribution in [3.05, 3.63) is 5.28 Å². The first-order valence-electron chi connectivity index (χ1n) is 5.57. The molecule has 0 spiro atoms. The van der Waals surface area contributed by atoms with E-state index in [1.807, 2.05) is 4.90 Å². The van der Waals surface area contributed by atoms with Crippen LogP contribution in [-0.4, -0.2) is 46.4 Å². The fourth-order valence-electron chi connectivity index (χ4n) is 2.00. The second-order valence-electron chi connectivity index (χ2n) is 3.92. The summed E-state index contributed by atoms with van der Waals surface area (Å²) >= 11 is 5.81. The smallest absolute Gasteiger partial charge is 0.322 e. The molecule has 1 aromatic rings. The molecular weight excluding hydrogens is 244 g/mol. The molecule has 94 valence electrons. The van der Waals surface area contributed by atoms with E-state index >= 15 is 0 Å². The standard InChI is InChI=1S/C10H15ClN4O2/c1-17-10-13-8(11)12-9(14-10)15-5-3-2-4-7(15)6-16/h7,16H,2-6H2,1H3. The fraction of sp³-hybridized carbons (Fsp3) is 0.700. The van der Waals surface area contributed by atoms with Gasteiger partial charge in [-0.15, -0.1) is 0 Å². The highest BCUT2D eigenvalue weighted by molar-refractivity contribution is 6.28. The minimum Gasteiger partial charge on any atom is -0.467 e. The van der Waals surface area contributed by atoms with E-state index < -0.39 is 0 Å². The van der Waals surface area contributed by atoms with E-state index in [0.29, 0.717) is 5.95 Å². The minimum atomic E-state index is 0.0481. The third-order valence-electron chi connectivity index (χ3n) is 2.85. The maximum Gasteiger partial charge on any atom is 0.322 e. The molecule has 0 aromatic carbocycles. The average molecular weight is 259 g/mol. The zero-order valence-electron chi connectivity index (χ0n) is 9.64. The molecule has 1 unspecified atom stereocenters. The maximum absolute atomic E-state index is 9.34. The Bertz CT molecular complexity index is 391. The van der Waals surface area contributed by atoms with Gasteiger partial charge in [-0.3, -0.25) is 0 Å². The number of hydrogen-bond acceptors (Lipinski definition) is 6. The predicted octanol–water partition coefficient (Wildman–Crippen LogP) is 0.885. The van der Waals surface area contributed by atoms with Gasteiger partial charge in [0, 0.05) is 6.54 Å². The monoisotopic (exact) mass is 258 g/mol. The first-order chi connectivity index (χ1) is 8.24. The van der Waals surface area contributed by atoms with Crippen LogP contribution in [0.4, 0.5) is 5.95 Å². The topological polar surface area (TPSA) is 71.4 Å². The summed E-state index contributed by atoms with van der Waals surface area (Å²) in [6.07, 6.45) is 3.10. The number of hydrogen-bond donors (Lipinski definition) is 1. The first kappa shape index (κ1) is 12.3. The van der Waals surface area contributed by atoms with E-state index in [0.717, 1.165) is 25.8 Å². The molecular formula is C10H15ClN4O2. The van der Waals surface area contributed by atoms with E-state index in [1.54, 1.807) is 0 Å². The molecule has 0 amide bonds. The zero-order chi connectivity index (χ0) is 12.3. The maximum atomic E-state index is 9.34. The van der Waals surface area contributed by atoms with Gasteiger partial charge in [-0.2, -0.15) is 15.0 Å². The number of anilines is 1. The van der Waals surface area contributed by atoms with Crippen molar-refractivity contribution in [2.75, 3.05) is 25.2 Å². The van der Waals surface area contributed by atoms with Crippen molar-refractivity contribution in [1.29, 1.82) is 0 Å². The van der Waals surface area contributed by atoms with E-state index in [1.165, 1.54) is 7.11 Å². The lowest BCUT2D eigenvalue weighted by Gasteiger charge is -2.34. The summed E-state index contributed by atoms with van der Waals surface area (Å²) < 4.78 is 4.96. The van der Waals surface area contributed by atoms with Gasteiger partial charge < -0.3 is 14.7 Å². The van der Waals surface area contributed by atoms with Crippen molar-refractivity contribution >= 4 is 17.5 Å². The van der Waals surface area contributed by atoms with E-state index in [-0.39, 0.29) is 23.9 Å². The van der Waals surface area contributed by atoms with Gasteiger partial charge >= 0.3 is 6.01 Å². The van der Waals surface area contributed by atoms with Gasteiger partial charge in [-0.1, -0.05) is 0 Å². The summed E-state index contributed by atoms with van der Waals surface area (Å²) in [5.41, 5.74) is 0. The Hall–Kier alpha value is -1.14. The van der Waals surface area contributed by atoms with Crippen LogP contribution in [0, 0.1) is 0 Å². The molecule has 2 heterocycles. The van der Waals surface area contributed by atoms with Crippen molar-refractivity contribution < 1.29 is 9.84 Å². The normalized spacial score (nSPS) is 20.4. The summed E-state index contributed by atoms with van der Waals surface area (Å²) in [4.78, 5) is 14.0. The molecule has 0 bridgehead atoms. The molecule has 0 saturated carbocycles. The van der Waals surface area contributed by atoms with Crippen LogP contribution >= 0.6 is 11.6 Å². The van der Waals surface area contributed by atoms with Gasteiger partial charge in [0.1, 0.15) is 0 Å². The van der Waals surface area contributed by atoms with Crippen molar-refractivity contribution in [3.63, 3.8) is 0 Å². The van der Waals surface area contributed by atoms with Gasteiger partial charge in [-0.05, 0) is 30.9 Å². The molecule has 17 heavy (non-hydrogen) atoms. The van der Waals surface area contributed by atoms with Crippen molar-refractivity contribution in [2.24, 2.45) is 0 Å². The van der Waals surface area contributed by atoms with Crippen molar-refractivity contribution in [1.82, 2.24) is 15.0 Å². The molecule has 1 fully saturated rings. The van der Waals surface area contributed by atoms with Gasteiger partial charge in [0.05, 0.1) is 19.8 Å². The van der Waals surface area contributed by atoms with Gasteiger partial charge in [0.25, 0.3) is 0 Å². The number of piperidine rings is 1. The Morgan fingerprint density at radius 1 is 1.41 bits per heavy atom. The van der Waals surface area contributed by atoms with Crippen LogP contribution in [0.2, 0.25) is 5.28 Å². The largest absolute Gasteiger partial charge is 0.467 e. The third kappa shape index (κ3) is 2.76. The Kier molecular flexibility index (Phi) is 3.96. The Balaban J connectivity index is 2.27. The summed E-state index contributed by atoms with van der Waals surface area (Å²) in [5.74, 6) is 0.473. The molecule has 7 heteroatoms. The van der Waals surface area contributed by atoms with Crippen molar-refractivity contribution in [3.8, 4) is 6.01 Å². The molecule has 1 atom stereocenters. The minimum absolute atomic E-state index is 0.0481. The highest BCUT2D eigenvalue weighted by Gasteiger charge is 2.24. The van der Waals surface area contributed by atoms with Crippen LogP contribution in [-0.2, 0) is 0 Å². The Labute approximate surface area is 105 Å². The predicted molar refractivity (Wildman–Crippen MR) is 63.5 cm³/mol. The number of aliphatic hydroxyl groups is 1. The lowest BCUT2D eigenvalue weighted by molar-refractivity contribution is 0.238. The number of ether oxygens (including phenoxy) is 1. The SMILES string of the molecule is COc1nc(Cl)nc(N2CCCCC2CO)n1. The summed E-state index contributed by atoms with van der Waals surface area (Å²) in [6.45, 7) is 0.903. The van der Waals surface area contributed by atoms with Crippen LogP contribution in [0.5, 0.6) is 6.01 Å². The van der Waals surface area contributed by atoms with E-state index in [4.69, 9.17) is 16.3 Å². The molecule has 6 nitrogen and oxygen atoms in total. The second-order valence-corrected chi connectivity index (χ2v) is 4.25. The number of halogens is 1. The first-order valence-corrected chi connectivity index (χ1v) is 5.95. The van der Waals surface area contributed by atoms with E-state index in [9.17, 15) is 5.11 Å². The average Bonchev–Trinajstić information content (AvgIpc) is 2.37. The number of methoxy groups -OCH3 is 1. The summed E-state index contributed by atoms with van der Waals surface area (Å²) in [6, 6.07) is 0.245. The zero-order valence-corrected chi connectivity index (χ0v) is 10.4. The molecule has 1 aromatic heterocycles. The van der Waals surface area contributed by atoms with Crippen LogP contribution in [0.15, 0.2) is 0 Å². The molecule has 1 N–H and O–H groups in total. The summed E-state index contributed by atoms with van der Waals surface area (Å²) in [7, 11) is 1.48. The van der Waals surface area contributed by atoms with Crippen LogP contribution in [0.3, 0.4) is 0 Å². The molecule has 1 saturated heterocycles. The lowest BCUT2D eigenvalue weighted by Crippen LogP contribution is -2.43. The number of rotatable bonds is 3. The van der Waals surface area contributed by atoms with Crippen LogP contribution in [0.25, 0.3) is 0 Å². The highest BCUT2D eigenvalue weighted by atomic mass is 35.5. The van der Waals surface area contributed by atoms with Gasteiger partial charge in [0.15, 0.2) is 0 Å². The molecule has 1 aliphatic heterocycles. The highest BCUT2D eigenvalue weighted by Crippen LogP contribution is 2.23. The molecule has 0 aliphatic carbocycles. The summed E-state index contributed by atoms with van der Waals surface area (Å²) in [5, 5.41) is 9.45. The number of nitrogens with zero attached hydrogens (tertiary/aromatic N) is 4. The lowest BCUT2D eigenvalue weighted by atomic mass is 10.0. The van der Waals surface area contributed by atoms with Crippen LogP contribution in [0.1, 0.15) is 19.3 Å². The van der Waals surface area contributed by atoms with Gasteiger partial charge in [0.2, 0.25) is 11.2 Å².